The highest BCUT2D eigenvalue weighted by Crippen LogP contribution is 2.35. The van der Waals surface area contributed by atoms with Gasteiger partial charge in [-0.15, -0.1) is 0 Å². The summed E-state index contributed by atoms with van der Waals surface area (Å²) >= 11 is 0. The topological polar surface area (TPSA) is 72.3 Å². The molecule has 3 aromatic rings. The van der Waals surface area contributed by atoms with Crippen molar-refractivity contribution in [3.05, 3.63) is 75.8 Å². The Labute approximate surface area is 186 Å². The molecule has 1 aliphatic carbocycles. The van der Waals surface area contributed by atoms with Crippen LogP contribution in [0.15, 0.2) is 53.3 Å². The molecule has 1 fully saturated rings. The number of rotatable bonds is 4. The third-order valence-corrected chi connectivity index (χ3v) is 6.85. The zero-order valence-electron chi connectivity index (χ0n) is 18.3. The number of hydrogen-bond donors (Lipinski definition) is 0. The predicted molar refractivity (Wildman–Crippen MR) is 123 cm³/mol. The molecule has 5 rings (SSSR count). The Kier molecular flexibility index (Phi) is 5.37. The largest absolute Gasteiger partial charge is 0.291 e. The molecule has 2 heterocycles. The van der Waals surface area contributed by atoms with Crippen molar-refractivity contribution in [3.8, 4) is 0 Å². The molecule has 1 aliphatic heterocycles. The number of fused-ring (bicyclic) bond motifs is 2. The van der Waals surface area contributed by atoms with Crippen LogP contribution in [0.4, 0.5) is 0 Å². The first-order valence-electron chi connectivity index (χ1n) is 11.6. The lowest BCUT2D eigenvalue weighted by Gasteiger charge is -2.30. The van der Waals surface area contributed by atoms with Gasteiger partial charge in [0.1, 0.15) is 5.82 Å². The summed E-state index contributed by atoms with van der Waals surface area (Å²) in [5.41, 5.74) is 1.36. The van der Waals surface area contributed by atoms with E-state index in [2.05, 4.69) is 0 Å². The van der Waals surface area contributed by atoms with Gasteiger partial charge in [0.15, 0.2) is 0 Å². The maximum absolute atomic E-state index is 13.7. The van der Waals surface area contributed by atoms with E-state index in [1.807, 2.05) is 35.8 Å². The Bertz CT molecular complexity index is 1220. The van der Waals surface area contributed by atoms with Crippen LogP contribution >= 0.6 is 0 Å². The van der Waals surface area contributed by atoms with Gasteiger partial charge < -0.3 is 0 Å². The normalized spacial score (nSPS) is 18.1. The molecule has 0 spiro atoms. The second kappa shape index (κ2) is 8.34. The number of imide groups is 1. The van der Waals surface area contributed by atoms with Crippen molar-refractivity contribution >= 4 is 22.7 Å². The molecule has 6 heteroatoms. The third-order valence-electron chi connectivity index (χ3n) is 6.85. The number of aromatic nitrogens is 2. The van der Waals surface area contributed by atoms with E-state index >= 15 is 0 Å². The molecule has 0 unspecified atom stereocenters. The van der Waals surface area contributed by atoms with E-state index < -0.39 is 6.04 Å². The van der Waals surface area contributed by atoms with E-state index in [4.69, 9.17) is 4.98 Å². The molecule has 0 N–H and O–H groups in total. The van der Waals surface area contributed by atoms with E-state index in [9.17, 15) is 14.4 Å². The van der Waals surface area contributed by atoms with Crippen molar-refractivity contribution in [2.24, 2.45) is 0 Å². The fourth-order valence-electron chi connectivity index (χ4n) is 5.24. The minimum absolute atomic E-state index is 0.0290. The molecule has 32 heavy (non-hydrogen) atoms. The zero-order chi connectivity index (χ0) is 22.2. The van der Waals surface area contributed by atoms with Gasteiger partial charge in [0.2, 0.25) is 0 Å². The Morgan fingerprint density at radius 2 is 1.47 bits per heavy atom. The van der Waals surface area contributed by atoms with Crippen LogP contribution in [0.25, 0.3) is 10.9 Å². The van der Waals surface area contributed by atoms with Gasteiger partial charge in [-0.25, -0.2) is 4.98 Å². The molecule has 0 bridgehead atoms. The lowest BCUT2D eigenvalue weighted by atomic mass is 10.1. The predicted octanol–water partition coefficient (Wildman–Crippen LogP) is 5.04. The number of carbonyl (C=O) groups excluding carboxylic acids is 2. The van der Waals surface area contributed by atoms with Crippen molar-refractivity contribution in [1.82, 2.24) is 14.5 Å². The number of hydrogen-bond acceptors (Lipinski definition) is 4. The van der Waals surface area contributed by atoms with Crippen molar-refractivity contribution in [3.63, 3.8) is 0 Å². The van der Waals surface area contributed by atoms with E-state index in [-0.39, 0.29) is 23.4 Å². The molecular weight excluding hydrogens is 402 g/mol. The number of amides is 2. The van der Waals surface area contributed by atoms with Gasteiger partial charge in [0, 0.05) is 6.04 Å². The van der Waals surface area contributed by atoms with Crippen LogP contribution < -0.4 is 5.56 Å². The first kappa shape index (κ1) is 20.6. The highest BCUT2D eigenvalue weighted by Gasteiger charge is 2.41. The molecule has 2 aliphatic rings. The molecule has 2 amide bonds. The Morgan fingerprint density at radius 3 is 2.09 bits per heavy atom. The highest BCUT2D eigenvalue weighted by atomic mass is 16.2. The number of nitrogens with zero attached hydrogens (tertiary/aromatic N) is 3. The molecular formula is C26H27N3O3. The monoisotopic (exact) mass is 429 g/mol. The van der Waals surface area contributed by atoms with Gasteiger partial charge in [0.25, 0.3) is 17.4 Å². The molecule has 1 atom stereocenters. The van der Waals surface area contributed by atoms with Crippen LogP contribution in [0.1, 0.15) is 90.5 Å². The Hall–Kier alpha value is -3.28. The molecule has 164 valence electrons. The summed E-state index contributed by atoms with van der Waals surface area (Å²) in [4.78, 5) is 46.5. The highest BCUT2D eigenvalue weighted by molar-refractivity contribution is 6.21. The molecule has 6 nitrogen and oxygen atoms in total. The lowest BCUT2D eigenvalue weighted by Crippen LogP contribution is -2.39. The van der Waals surface area contributed by atoms with E-state index in [1.165, 1.54) is 4.90 Å². The number of para-hydroxylation sites is 1. The van der Waals surface area contributed by atoms with Crippen molar-refractivity contribution < 1.29 is 9.59 Å². The van der Waals surface area contributed by atoms with Gasteiger partial charge in [-0.3, -0.25) is 23.9 Å². The Balaban J connectivity index is 1.70. The summed E-state index contributed by atoms with van der Waals surface area (Å²) in [6.07, 6.45) is 6.76. The van der Waals surface area contributed by atoms with Crippen LogP contribution in [0.2, 0.25) is 0 Å². The summed E-state index contributed by atoms with van der Waals surface area (Å²) in [7, 11) is 0. The molecule has 0 saturated heterocycles. The van der Waals surface area contributed by atoms with Crippen LogP contribution in [0.5, 0.6) is 0 Å². The fourth-order valence-corrected chi connectivity index (χ4v) is 5.24. The second-order valence-corrected chi connectivity index (χ2v) is 8.76. The minimum atomic E-state index is -0.594. The van der Waals surface area contributed by atoms with Crippen molar-refractivity contribution in [1.29, 1.82) is 0 Å². The van der Waals surface area contributed by atoms with E-state index in [0.29, 0.717) is 34.3 Å². The Morgan fingerprint density at radius 1 is 0.875 bits per heavy atom. The van der Waals surface area contributed by atoms with Crippen LogP contribution in [0, 0.1) is 0 Å². The summed E-state index contributed by atoms with van der Waals surface area (Å²) < 4.78 is 1.81. The molecule has 1 aromatic heterocycles. The minimum Gasteiger partial charge on any atom is -0.291 e. The average molecular weight is 430 g/mol. The summed E-state index contributed by atoms with van der Waals surface area (Å²) in [5.74, 6) is -0.0999. The fraction of sp³-hybridized carbons (Fsp3) is 0.385. The quantitative estimate of drug-likeness (QED) is 0.430. The summed E-state index contributed by atoms with van der Waals surface area (Å²) in [6.45, 7) is 1.94. The van der Waals surface area contributed by atoms with Crippen molar-refractivity contribution in [2.75, 3.05) is 0 Å². The average Bonchev–Trinajstić information content (AvgIpc) is 2.98. The van der Waals surface area contributed by atoms with Crippen LogP contribution in [-0.4, -0.2) is 26.3 Å². The summed E-state index contributed by atoms with van der Waals surface area (Å²) in [6, 6.07) is 13.7. The van der Waals surface area contributed by atoms with Crippen LogP contribution in [-0.2, 0) is 0 Å². The SMILES string of the molecule is CC[C@@H](c1nc2ccccc2c(=O)n1C1CCCCCC1)N1C(=O)c2ccccc2C1=O. The second-order valence-electron chi connectivity index (χ2n) is 8.76. The van der Waals surface area contributed by atoms with Gasteiger partial charge in [0.05, 0.1) is 28.1 Å². The van der Waals surface area contributed by atoms with E-state index in [0.717, 1.165) is 38.5 Å². The molecule has 2 aromatic carbocycles. The van der Waals surface area contributed by atoms with Gasteiger partial charge >= 0.3 is 0 Å². The van der Waals surface area contributed by atoms with Gasteiger partial charge in [-0.1, -0.05) is 56.9 Å². The zero-order valence-corrected chi connectivity index (χ0v) is 18.3. The molecule has 1 saturated carbocycles. The smallest absolute Gasteiger partial charge is 0.262 e. The van der Waals surface area contributed by atoms with Gasteiger partial charge in [-0.2, -0.15) is 0 Å². The third kappa shape index (κ3) is 3.25. The molecule has 0 radical (unpaired) electrons. The first-order valence-corrected chi connectivity index (χ1v) is 11.6. The van der Waals surface area contributed by atoms with Crippen molar-refractivity contribution in [2.45, 2.75) is 64.0 Å². The maximum Gasteiger partial charge on any atom is 0.262 e. The first-order chi connectivity index (χ1) is 15.6. The van der Waals surface area contributed by atoms with Crippen LogP contribution in [0.3, 0.4) is 0 Å². The summed E-state index contributed by atoms with van der Waals surface area (Å²) in [5, 5.41) is 0.581. The number of carbonyl (C=O) groups is 2. The maximum atomic E-state index is 13.7. The number of benzene rings is 2. The standard InChI is InChI=1S/C26H27N3O3/c1-2-22(29-24(30)18-13-7-8-14-19(18)25(29)31)23-27-21-16-10-9-15-20(21)26(32)28(23)17-11-5-3-4-6-12-17/h7-10,13-17,22H,2-6,11-12H2,1H3/t22-/m0/s1. The lowest BCUT2D eigenvalue weighted by molar-refractivity contribution is 0.0564. The van der Waals surface area contributed by atoms with E-state index in [1.54, 1.807) is 24.3 Å². The van der Waals surface area contributed by atoms with Gasteiger partial charge in [-0.05, 0) is 43.5 Å².